The molecule has 0 amide bonds. The third kappa shape index (κ3) is 4.93. The Labute approximate surface area is 235 Å². The van der Waals surface area contributed by atoms with Crippen molar-refractivity contribution in [1.29, 1.82) is 0 Å². The van der Waals surface area contributed by atoms with Gasteiger partial charge in [0.1, 0.15) is 24.0 Å². The first-order chi connectivity index (χ1) is 19.7. The molecule has 202 valence electrons. The van der Waals surface area contributed by atoms with E-state index in [0.717, 1.165) is 68.3 Å². The van der Waals surface area contributed by atoms with Crippen LogP contribution in [-0.2, 0) is 13.2 Å². The molecule has 1 aromatic carbocycles. The average molecular weight is 531 g/mol. The minimum atomic E-state index is 0.457. The van der Waals surface area contributed by atoms with Gasteiger partial charge in [-0.3, -0.25) is 9.88 Å². The van der Waals surface area contributed by atoms with Crippen LogP contribution in [-0.4, -0.2) is 43.6 Å². The number of pyridine rings is 1. The molecule has 1 fully saturated rings. The number of hydrogen-bond acceptors (Lipinski definition) is 6. The number of allylic oxidation sites excluding steroid dienone is 4. The van der Waals surface area contributed by atoms with Crippen molar-refractivity contribution in [1.82, 2.24) is 24.4 Å². The molecule has 1 aliphatic carbocycles. The summed E-state index contributed by atoms with van der Waals surface area (Å²) in [6.07, 6.45) is 19.1. The van der Waals surface area contributed by atoms with Gasteiger partial charge < -0.3 is 14.6 Å². The van der Waals surface area contributed by atoms with Gasteiger partial charge in [0, 0.05) is 72.8 Å². The van der Waals surface area contributed by atoms with Gasteiger partial charge in [-0.05, 0) is 68.0 Å². The Morgan fingerprint density at radius 2 is 1.88 bits per heavy atom. The molecule has 1 N–H and O–H groups in total. The van der Waals surface area contributed by atoms with E-state index in [-0.39, 0.29) is 0 Å². The summed E-state index contributed by atoms with van der Waals surface area (Å²) in [6, 6.07) is 13.4. The fourth-order valence-corrected chi connectivity index (χ4v) is 6.09. The highest BCUT2D eigenvalue weighted by Gasteiger charge is 2.26. The summed E-state index contributed by atoms with van der Waals surface area (Å²) in [5.74, 6) is 2.64. The number of aryl methyl sites for hydroxylation is 1. The van der Waals surface area contributed by atoms with Crippen LogP contribution in [0.15, 0.2) is 79.4 Å². The Morgan fingerprint density at radius 1 is 1.00 bits per heavy atom. The molecule has 0 saturated carbocycles. The van der Waals surface area contributed by atoms with E-state index in [2.05, 4.69) is 78.4 Å². The molecule has 7 nitrogen and oxygen atoms in total. The van der Waals surface area contributed by atoms with Crippen LogP contribution < -0.4 is 10.1 Å². The molecule has 0 unspecified atom stereocenters. The maximum absolute atomic E-state index is 6.16. The lowest BCUT2D eigenvalue weighted by Gasteiger charge is -2.32. The first kappa shape index (κ1) is 24.8. The number of rotatable bonds is 6. The fraction of sp³-hybridized carbons (Fsp3) is 0.303. The predicted molar refractivity (Wildman–Crippen MR) is 158 cm³/mol. The second-order valence-corrected chi connectivity index (χ2v) is 10.9. The average Bonchev–Trinajstić information content (AvgIpc) is 3.39. The molecule has 0 radical (unpaired) electrons. The minimum Gasteiger partial charge on any atom is -0.488 e. The van der Waals surface area contributed by atoms with Crippen molar-refractivity contribution in [3.63, 3.8) is 0 Å². The molecular formula is C33H34N6O. The lowest BCUT2D eigenvalue weighted by Crippen LogP contribution is -2.38. The van der Waals surface area contributed by atoms with E-state index in [1.165, 1.54) is 33.6 Å². The van der Waals surface area contributed by atoms with Crippen molar-refractivity contribution in [3.05, 3.63) is 102 Å². The van der Waals surface area contributed by atoms with Crippen LogP contribution in [0.5, 0.6) is 5.75 Å². The molecule has 4 aromatic rings. The van der Waals surface area contributed by atoms with E-state index >= 15 is 0 Å². The van der Waals surface area contributed by atoms with Crippen molar-refractivity contribution < 1.29 is 4.74 Å². The van der Waals surface area contributed by atoms with Gasteiger partial charge in [-0.15, -0.1) is 0 Å². The number of nitrogens with zero attached hydrogens (tertiary/aromatic N) is 5. The molecule has 0 spiro atoms. The van der Waals surface area contributed by atoms with Gasteiger partial charge in [0.15, 0.2) is 0 Å². The second-order valence-electron chi connectivity index (χ2n) is 10.9. The quantitative estimate of drug-likeness (QED) is 0.314. The number of aromatic nitrogens is 4. The van der Waals surface area contributed by atoms with Gasteiger partial charge in [0.05, 0.1) is 5.69 Å². The van der Waals surface area contributed by atoms with Gasteiger partial charge >= 0.3 is 0 Å². The Balaban J connectivity index is 1.09. The van der Waals surface area contributed by atoms with Crippen molar-refractivity contribution >= 4 is 11.4 Å². The summed E-state index contributed by atoms with van der Waals surface area (Å²) in [5.41, 5.74) is 8.50. The molecule has 5 heterocycles. The van der Waals surface area contributed by atoms with Crippen LogP contribution in [0, 0.1) is 6.92 Å². The van der Waals surface area contributed by atoms with E-state index in [9.17, 15) is 0 Å². The number of nitrogens with one attached hydrogen (secondary N) is 1. The van der Waals surface area contributed by atoms with E-state index in [4.69, 9.17) is 4.74 Å². The lowest BCUT2D eigenvalue weighted by atomic mass is 9.96. The number of anilines is 1. The van der Waals surface area contributed by atoms with E-state index in [1.807, 2.05) is 31.5 Å². The fourth-order valence-electron chi connectivity index (χ4n) is 6.09. The molecular weight excluding hydrogens is 496 g/mol. The van der Waals surface area contributed by atoms with Crippen LogP contribution in [0.25, 0.3) is 22.4 Å². The molecule has 7 rings (SSSR count). The maximum atomic E-state index is 6.16. The topological polar surface area (TPSA) is 68.1 Å². The number of likely N-dealkylation sites (tertiary alicyclic amines) is 1. The van der Waals surface area contributed by atoms with Crippen molar-refractivity contribution in [3.8, 4) is 22.6 Å². The summed E-state index contributed by atoms with van der Waals surface area (Å²) < 4.78 is 8.50. The molecule has 1 saturated heterocycles. The highest BCUT2D eigenvalue weighted by molar-refractivity contribution is 5.84. The Kier molecular flexibility index (Phi) is 6.65. The molecule has 40 heavy (non-hydrogen) atoms. The van der Waals surface area contributed by atoms with Crippen LogP contribution in [0.3, 0.4) is 0 Å². The Morgan fingerprint density at radius 3 is 2.67 bits per heavy atom. The Hall–Kier alpha value is -4.23. The summed E-state index contributed by atoms with van der Waals surface area (Å²) in [6.45, 7) is 5.62. The summed E-state index contributed by atoms with van der Waals surface area (Å²) in [7, 11) is 0. The Bertz CT molecular complexity index is 1580. The smallest absolute Gasteiger partial charge is 0.130 e. The van der Waals surface area contributed by atoms with Crippen LogP contribution in [0.2, 0.25) is 0 Å². The monoisotopic (exact) mass is 530 g/mol. The largest absolute Gasteiger partial charge is 0.488 e. The second kappa shape index (κ2) is 10.7. The molecule has 2 aliphatic heterocycles. The third-order valence-corrected chi connectivity index (χ3v) is 8.16. The third-order valence-electron chi connectivity index (χ3n) is 8.16. The minimum absolute atomic E-state index is 0.457. The van der Waals surface area contributed by atoms with Gasteiger partial charge in [-0.1, -0.05) is 30.4 Å². The van der Waals surface area contributed by atoms with E-state index in [0.29, 0.717) is 12.6 Å². The number of piperidine rings is 1. The number of fused-ring (bicyclic) bond motifs is 3. The van der Waals surface area contributed by atoms with Crippen molar-refractivity contribution in [2.75, 3.05) is 18.4 Å². The predicted octanol–water partition coefficient (Wildman–Crippen LogP) is 6.34. The first-order valence-corrected chi connectivity index (χ1v) is 14.3. The lowest BCUT2D eigenvalue weighted by molar-refractivity contribution is 0.211. The van der Waals surface area contributed by atoms with Gasteiger partial charge in [0.2, 0.25) is 0 Å². The number of ether oxygens (including phenoxy) is 1. The van der Waals surface area contributed by atoms with Crippen LogP contribution in [0.4, 0.5) is 5.82 Å². The van der Waals surface area contributed by atoms with Crippen molar-refractivity contribution in [2.24, 2.45) is 0 Å². The molecule has 0 bridgehead atoms. The zero-order chi connectivity index (χ0) is 26.9. The number of benzene rings is 1. The SMILES string of the molecule is Cc1nccc(NC2CCN(Cc3ccc(-n4cc5c(c4C4=CCCC=C4)COc4ccncc4-5)cc3)CC2)n1. The van der Waals surface area contributed by atoms with Gasteiger partial charge in [0.25, 0.3) is 0 Å². The molecule has 3 aliphatic rings. The highest BCUT2D eigenvalue weighted by atomic mass is 16.5. The summed E-state index contributed by atoms with van der Waals surface area (Å²) in [5, 5.41) is 3.59. The summed E-state index contributed by atoms with van der Waals surface area (Å²) >= 11 is 0. The van der Waals surface area contributed by atoms with Crippen LogP contribution >= 0.6 is 0 Å². The standard InChI is InChI=1S/C33H34N6O/c1-23-35-16-12-32(36-23)37-26-13-17-38(18-14-26)20-24-7-9-27(10-8-24)39-21-29-28-19-34-15-11-31(28)40-22-30(29)33(39)25-5-3-2-4-6-25/h3,5-12,15-16,19,21,26H,2,4,13-14,17-18,20,22H2,1H3,(H,35,36,37). The van der Waals surface area contributed by atoms with Gasteiger partial charge in [-0.25, -0.2) is 9.97 Å². The zero-order valence-electron chi connectivity index (χ0n) is 22.9. The normalized spacial score (nSPS) is 17.1. The van der Waals surface area contributed by atoms with Crippen molar-refractivity contribution in [2.45, 2.75) is 51.8 Å². The van der Waals surface area contributed by atoms with E-state index < -0.39 is 0 Å². The van der Waals surface area contributed by atoms with E-state index in [1.54, 1.807) is 6.20 Å². The molecule has 7 heteroatoms. The maximum Gasteiger partial charge on any atom is 0.130 e. The highest BCUT2D eigenvalue weighted by Crippen LogP contribution is 2.42. The zero-order valence-corrected chi connectivity index (χ0v) is 22.9. The van der Waals surface area contributed by atoms with Crippen LogP contribution in [0.1, 0.15) is 48.3 Å². The first-order valence-electron chi connectivity index (χ1n) is 14.3. The number of hydrogen-bond donors (Lipinski definition) is 1. The molecule has 3 aromatic heterocycles. The summed E-state index contributed by atoms with van der Waals surface area (Å²) in [4.78, 5) is 15.6. The van der Waals surface area contributed by atoms with Gasteiger partial charge in [-0.2, -0.15) is 0 Å². The molecule has 0 atom stereocenters.